The molecule has 0 atom stereocenters. The van der Waals surface area contributed by atoms with Crippen molar-refractivity contribution < 1.29 is 9.59 Å². The maximum Gasteiger partial charge on any atom is 0.244 e. The van der Waals surface area contributed by atoms with Crippen molar-refractivity contribution in [2.45, 2.75) is 20.8 Å². The maximum atomic E-state index is 12.2. The van der Waals surface area contributed by atoms with E-state index in [1.165, 1.54) is 11.8 Å². The fourth-order valence-electron chi connectivity index (χ4n) is 2.24. The van der Waals surface area contributed by atoms with Gasteiger partial charge in [0.15, 0.2) is 0 Å². The fourth-order valence-corrected chi connectivity index (χ4v) is 2.24. The van der Waals surface area contributed by atoms with Crippen molar-refractivity contribution in [1.29, 1.82) is 0 Å². The molecule has 4 heteroatoms. The van der Waals surface area contributed by atoms with Gasteiger partial charge in [-0.15, -0.1) is 0 Å². The number of carbonyl (C=O) groups excluding carboxylic acids is 2. The third-order valence-electron chi connectivity index (χ3n) is 3.39. The standard InChI is InChI=1S/C18H20N2O2/c1-13-9-10-14(2)17(11-13)20(15(3)21)12-18(22)19-16-7-5-4-6-8-16/h4-11H,12H2,1-3H3,(H,19,22). The van der Waals surface area contributed by atoms with Crippen LogP contribution >= 0.6 is 0 Å². The minimum Gasteiger partial charge on any atom is -0.325 e. The molecule has 0 bridgehead atoms. The normalized spacial score (nSPS) is 10.1. The summed E-state index contributed by atoms with van der Waals surface area (Å²) in [5.74, 6) is -0.376. The zero-order chi connectivity index (χ0) is 16.1. The molecule has 0 saturated heterocycles. The molecule has 2 amide bonds. The van der Waals surface area contributed by atoms with E-state index < -0.39 is 0 Å². The van der Waals surface area contributed by atoms with E-state index in [9.17, 15) is 9.59 Å². The average molecular weight is 296 g/mol. The highest BCUT2D eigenvalue weighted by atomic mass is 16.2. The third kappa shape index (κ3) is 3.95. The van der Waals surface area contributed by atoms with Crippen LogP contribution in [0.4, 0.5) is 11.4 Å². The lowest BCUT2D eigenvalue weighted by atomic mass is 10.1. The summed E-state index contributed by atoms with van der Waals surface area (Å²) in [6, 6.07) is 15.1. The summed E-state index contributed by atoms with van der Waals surface area (Å²) in [7, 11) is 0. The number of benzene rings is 2. The summed E-state index contributed by atoms with van der Waals surface area (Å²) < 4.78 is 0. The molecule has 0 aromatic heterocycles. The molecule has 0 unspecified atom stereocenters. The second kappa shape index (κ2) is 6.89. The van der Waals surface area contributed by atoms with Gasteiger partial charge < -0.3 is 10.2 Å². The summed E-state index contributed by atoms with van der Waals surface area (Å²) in [4.78, 5) is 25.6. The largest absolute Gasteiger partial charge is 0.325 e. The molecule has 0 fully saturated rings. The van der Waals surface area contributed by atoms with Gasteiger partial charge in [0.25, 0.3) is 0 Å². The lowest BCUT2D eigenvalue weighted by Gasteiger charge is -2.23. The summed E-state index contributed by atoms with van der Waals surface area (Å²) >= 11 is 0. The van der Waals surface area contributed by atoms with Crippen molar-refractivity contribution >= 4 is 23.2 Å². The first kappa shape index (κ1) is 15.8. The van der Waals surface area contributed by atoms with E-state index in [2.05, 4.69) is 5.32 Å². The Balaban J connectivity index is 2.17. The molecule has 0 aliphatic rings. The van der Waals surface area contributed by atoms with Crippen LogP contribution in [-0.4, -0.2) is 18.4 Å². The topological polar surface area (TPSA) is 49.4 Å². The minimum atomic E-state index is -0.220. The molecule has 2 rings (SSSR count). The van der Waals surface area contributed by atoms with E-state index >= 15 is 0 Å². The van der Waals surface area contributed by atoms with Gasteiger partial charge in [0.2, 0.25) is 11.8 Å². The fraction of sp³-hybridized carbons (Fsp3) is 0.222. The Morgan fingerprint density at radius 2 is 1.73 bits per heavy atom. The first-order valence-corrected chi connectivity index (χ1v) is 7.17. The molecule has 0 saturated carbocycles. The summed E-state index contributed by atoms with van der Waals surface area (Å²) in [5, 5.41) is 2.80. The summed E-state index contributed by atoms with van der Waals surface area (Å²) in [6.45, 7) is 5.36. The number of aryl methyl sites for hydroxylation is 2. The van der Waals surface area contributed by atoms with Crippen LogP contribution in [0.3, 0.4) is 0 Å². The highest BCUT2D eigenvalue weighted by Crippen LogP contribution is 2.21. The predicted octanol–water partition coefficient (Wildman–Crippen LogP) is 3.30. The second-order valence-corrected chi connectivity index (χ2v) is 5.31. The van der Waals surface area contributed by atoms with Crippen molar-refractivity contribution in [3.63, 3.8) is 0 Å². The number of hydrogen-bond donors (Lipinski definition) is 1. The molecule has 114 valence electrons. The van der Waals surface area contributed by atoms with Crippen LogP contribution in [0, 0.1) is 13.8 Å². The second-order valence-electron chi connectivity index (χ2n) is 5.31. The predicted molar refractivity (Wildman–Crippen MR) is 89.0 cm³/mol. The lowest BCUT2D eigenvalue weighted by Crippen LogP contribution is -2.37. The number of anilines is 2. The van der Waals surface area contributed by atoms with Crippen molar-refractivity contribution in [1.82, 2.24) is 0 Å². The zero-order valence-corrected chi connectivity index (χ0v) is 13.1. The van der Waals surface area contributed by atoms with E-state index in [0.717, 1.165) is 22.5 Å². The first-order valence-electron chi connectivity index (χ1n) is 7.17. The van der Waals surface area contributed by atoms with E-state index in [1.54, 1.807) is 0 Å². The molecular formula is C18H20N2O2. The molecule has 2 aromatic rings. The van der Waals surface area contributed by atoms with E-state index in [4.69, 9.17) is 0 Å². The van der Waals surface area contributed by atoms with E-state index in [1.807, 2.05) is 62.4 Å². The molecule has 0 spiro atoms. The minimum absolute atomic E-state index is 0.00544. The third-order valence-corrected chi connectivity index (χ3v) is 3.39. The van der Waals surface area contributed by atoms with Crippen molar-refractivity contribution in [2.24, 2.45) is 0 Å². The number of rotatable bonds is 4. The summed E-state index contributed by atoms with van der Waals surface area (Å²) in [6.07, 6.45) is 0. The molecule has 0 aliphatic carbocycles. The van der Waals surface area contributed by atoms with Gasteiger partial charge in [-0.3, -0.25) is 9.59 Å². The Labute approximate surface area is 130 Å². The zero-order valence-electron chi connectivity index (χ0n) is 13.1. The molecule has 0 aliphatic heterocycles. The molecule has 0 radical (unpaired) electrons. The average Bonchev–Trinajstić information content (AvgIpc) is 2.48. The van der Waals surface area contributed by atoms with Gasteiger partial charge in [0, 0.05) is 18.3 Å². The molecular weight excluding hydrogens is 276 g/mol. The molecule has 4 nitrogen and oxygen atoms in total. The van der Waals surface area contributed by atoms with Gasteiger partial charge in [-0.1, -0.05) is 30.3 Å². The number of carbonyl (C=O) groups is 2. The maximum absolute atomic E-state index is 12.2. The van der Waals surface area contributed by atoms with Crippen LogP contribution in [0.2, 0.25) is 0 Å². The van der Waals surface area contributed by atoms with Crippen LogP contribution in [0.25, 0.3) is 0 Å². The molecule has 2 aromatic carbocycles. The van der Waals surface area contributed by atoms with Crippen LogP contribution in [0.5, 0.6) is 0 Å². The van der Waals surface area contributed by atoms with Crippen LogP contribution in [0.1, 0.15) is 18.1 Å². The van der Waals surface area contributed by atoms with E-state index in [0.29, 0.717) is 0 Å². The van der Waals surface area contributed by atoms with Crippen molar-refractivity contribution in [3.8, 4) is 0 Å². The first-order chi connectivity index (χ1) is 10.5. The van der Waals surface area contributed by atoms with Crippen LogP contribution < -0.4 is 10.2 Å². The Morgan fingerprint density at radius 1 is 1.05 bits per heavy atom. The highest BCUT2D eigenvalue weighted by Gasteiger charge is 2.17. The Kier molecular flexibility index (Phi) is 4.94. The smallest absolute Gasteiger partial charge is 0.244 e. The highest BCUT2D eigenvalue weighted by molar-refractivity contribution is 6.02. The molecule has 1 N–H and O–H groups in total. The SMILES string of the molecule is CC(=O)N(CC(=O)Nc1ccccc1)c1cc(C)ccc1C. The number of amides is 2. The van der Waals surface area contributed by atoms with Crippen molar-refractivity contribution in [2.75, 3.05) is 16.8 Å². The molecule has 0 heterocycles. The number of hydrogen-bond acceptors (Lipinski definition) is 2. The van der Waals surface area contributed by atoms with Gasteiger partial charge in [-0.25, -0.2) is 0 Å². The monoisotopic (exact) mass is 296 g/mol. The summed E-state index contributed by atoms with van der Waals surface area (Å²) in [5.41, 5.74) is 3.51. The van der Waals surface area contributed by atoms with Crippen LogP contribution in [0.15, 0.2) is 48.5 Å². The van der Waals surface area contributed by atoms with Crippen LogP contribution in [-0.2, 0) is 9.59 Å². The Bertz CT molecular complexity index is 681. The van der Waals surface area contributed by atoms with Gasteiger partial charge in [-0.2, -0.15) is 0 Å². The Hall–Kier alpha value is -2.62. The number of nitrogens with zero attached hydrogens (tertiary/aromatic N) is 1. The van der Waals surface area contributed by atoms with E-state index in [-0.39, 0.29) is 18.4 Å². The van der Waals surface area contributed by atoms with Gasteiger partial charge in [0.05, 0.1) is 0 Å². The van der Waals surface area contributed by atoms with Crippen molar-refractivity contribution in [3.05, 3.63) is 59.7 Å². The van der Waals surface area contributed by atoms with Gasteiger partial charge in [0.1, 0.15) is 6.54 Å². The number of nitrogens with one attached hydrogen (secondary N) is 1. The van der Waals surface area contributed by atoms with Gasteiger partial charge >= 0.3 is 0 Å². The quantitative estimate of drug-likeness (QED) is 0.941. The Morgan fingerprint density at radius 3 is 2.36 bits per heavy atom. The molecule has 22 heavy (non-hydrogen) atoms. The van der Waals surface area contributed by atoms with Gasteiger partial charge in [-0.05, 0) is 43.2 Å². The number of para-hydroxylation sites is 1. The lowest BCUT2D eigenvalue weighted by molar-refractivity contribution is -0.120.